The van der Waals surface area contributed by atoms with E-state index in [9.17, 15) is 0 Å². The molecule has 3 aliphatic rings. The van der Waals surface area contributed by atoms with Gasteiger partial charge in [-0.25, -0.2) is 0 Å². The van der Waals surface area contributed by atoms with Crippen molar-refractivity contribution in [1.82, 2.24) is 9.88 Å². The summed E-state index contributed by atoms with van der Waals surface area (Å²) in [4.78, 5) is 12.3. The number of pyridine rings is 1. The van der Waals surface area contributed by atoms with Crippen LogP contribution >= 0.6 is 0 Å². The van der Waals surface area contributed by atoms with Gasteiger partial charge in [-0.15, -0.1) is 0 Å². The Labute approximate surface area is 170 Å². The molecule has 4 heteroatoms. The first-order valence-electron chi connectivity index (χ1n) is 10.9. The van der Waals surface area contributed by atoms with Gasteiger partial charge in [0.25, 0.3) is 0 Å². The van der Waals surface area contributed by atoms with Crippen LogP contribution in [0.5, 0.6) is 0 Å². The maximum Gasteiger partial charge on any atom is 0.0554 e. The van der Waals surface area contributed by atoms with Crippen molar-refractivity contribution in [3.8, 4) is 0 Å². The third kappa shape index (κ3) is 4.08. The van der Waals surface area contributed by atoms with Crippen molar-refractivity contribution < 1.29 is 4.74 Å². The standard InChI is InChI=1S/C24H35N3O/c1-16(2)23-12-19(8-9-27(23)13-24(5)14-28-15-24)21-6-7-22(26-21)20-10-17(3)25-18(4)11-20/h6,10-11,16,19,23H,7-9,12-15H2,1-5H3. The van der Waals surface area contributed by atoms with E-state index in [-0.39, 0.29) is 0 Å². The Balaban J connectivity index is 1.46. The zero-order chi connectivity index (χ0) is 19.9. The lowest BCUT2D eigenvalue weighted by Crippen LogP contribution is -2.54. The van der Waals surface area contributed by atoms with Crippen LogP contribution in [0, 0.1) is 31.1 Å². The molecule has 4 rings (SSSR count). The molecule has 2 saturated heterocycles. The highest BCUT2D eigenvalue weighted by Crippen LogP contribution is 2.38. The van der Waals surface area contributed by atoms with Crippen molar-refractivity contribution in [2.24, 2.45) is 22.2 Å². The van der Waals surface area contributed by atoms with E-state index >= 15 is 0 Å². The Bertz CT molecular complexity index is 771. The third-order valence-electron chi connectivity index (χ3n) is 6.62. The molecule has 28 heavy (non-hydrogen) atoms. The van der Waals surface area contributed by atoms with Gasteiger partial charge in [-0.1, -0.05) is 26.8 Å². The van der Waals surface area contributed by atoms with Crippen molar-refractivity contribution in [2.75, 3.05) is 26.3 Å². The molecule has 1 aromatic rings. The maximum atomic E-state index is 5.49. The minimum Gasteiger partial charge on any atom is -0.380 e. The first-order chi connectivity index (χ1) is 13.3. The molecule has 0 N–H and O–H groups in total. The fourth-order valence-electron chi connectivity index (χ4n) is 5.13. The lowest BCUT2D eigenvalue weighted by atomic mass is 9.80. The normalized spacial score (nSPS) is 27.5. The van der Waals surface area contributed by atoms with Crippen LogP contribution < -0.4 is 0 Å². The summed E-state index contributed by atoms with van der Waals surface area (Å²) in [5, 5.41) is 0. The zero-order valence-corrected chi connectivity index (χ0v) is 18.2. The van der Waals surface area contributed by atoms with Gasteiger partial charge in [-0.2, -0.15) is 0 Å². The summed E-state index contributed by atoms with van der Waals surface area (Å²) in [6, 6.07) is 4.98. The van der Waals surface area contributed by atoms with Crippen LogP contribution in [-0.2, 0) is 4.74 Å². The van der Waals surface area contributed by atoms with Gasteiger partial charge >= 0.3 is 0 Å². The molecule has 1 aromatic heterocycles. The highest BCUT2D eigenvalue weighted by Gasteiger charge is 2.40. The molecule has 4 nitrogen and oxygen atoms in total. The average Bonchev–Trinajstić information content (AvgIpc) is 3.10. The van der Waals surface area contributed by atoms with Crippen molar-refractivity contribution in [1.29, 1.82) is 0 Å². The fourth-order valence-corrected chi connectivity index (χ4v) is 5.13. The van der Waals surface area contributed by atoms with Gasteiger partial charge in [0.05, 0.1) is 18.9 Å². The number of allylic oxidation sites excluding steroid dienone is 2. The second-order valence-corrected chi connectivity index (χ2v) is 9.84. The molecule has 4 heterocycles. The van der Waals surface area contributed by atoms with E-state index in [2.05, 4.69) is 62.7 Å². The minimum atomic E-state index is 0.356. The monoisotopic (exact) mass is 381 g/mol. The van der Waals surface area contributed by atoms with Crippen LogP contribution in [0.4, 0.5) is 0 Å². The molecule has 152 valence electrons. The Morgan fingerprint density at radius 3 is 2.54 bits per heavy atom. The van der Waals surface area contributed by atoms with E-state index in [1.807, 2.05) is 0 Å². The fraction of sp³-hybridized carbons (Fsp3) is 0.667. The second kappa shape index (κ2) is 7.72. The van der Waals surface area contributed by atoms with Crippen molar-refractivity contribution in [3.05, 3.63) is 40.9 Å². The Kier molecular flexibility index (Phi) is 5.45. The first kappa shape index (κ1) is 19.8. The van der Waals surface area contributed by atoms with E-state index in [4.69, 9.17) is 9.73 Å². The lowest BCUT2D eigenvalue weighted by molar-refractivity contribution is -0.124. The van der Waals surface area contributed by atoms with Gasteiger partial charge in [0.15, 0.2) is 0 Å². The molecule has 0 bridgehead atoms. The molecule has 0 aliphatic carbocycles. The van der Waals surface area contributed by atoms with E-state index in [1.165, 1.54) is 42.9 Å². The smallest absolute Gasteiger partial charge is 0.0554 e. The van der Waals surface area contributed by atoms with Gasteiger partial charge < -0.3 is 4.74 Å². The van der Waals surface area contributed by atoms with E-state index in [0.717, 1.165) is 31.0 Å². The summed E-state index contributed by atoms with van der Waals surface area (Å²) < 4.78 is 5.49. The highest BCUT2D eigenvalue weighted by atomic mass is 16.5. The SMILES string of the molecule is Cc1cc(C2=NC(C3CCN(CC4(C)COC4)C(C(C)C)C3)=CC2)cc(C)n1. The number of aryl methyl sites for hydroxylation is 2. The molecule has 0 spiro atoms. The summed E-state index contributed by atoms with van der Waals surface area (Å²) in [5.74, 6) is 1.26. The lowest BCUT2D eigenvalue weighted by Gasteiger charge is -2.48. The van der Waals surface area contributed by atoms with Crippen molar-refractivity contribution in [2.45, 2.75) is 59.9 Å². The van der Waals surface area contributed by atoms with E-state index in [1.54, 1.807) is 0 Å². The molecule has 0 saturated carbocycles. The molecule has 0 radical (unpaired) electrons. The van der Waals surface area contributed by atoms with Crippen LogP contribution in [0.3, 0.4) is 0 Å². The predicted octanol–water partition coefficient (Wildman–Crippen LogP) is 4.55. The Morgan fingerprint density at radius 2 is 1.93 bits per heavy atom. The van der Waals surface area contributed by atoms with Crippen molar-refractivity contribution >= 4 is 5.71 Å². The molecule has 2 atom stereocenters. The largest absolute Gasteiger partial charge is 0.380 e. The molecule has 2 unspecified atom stereocenters. The van der Waals surface area contributed by atoms with Crippen LogP contribution in [0.25, 0.3) is 0 Å². The Hall–Kier alpha value is -1.52. The number of ether oxygens (including phenoxy) is 1. The topological polar surface area (TPSA) is 37.7 Å². The number of likely N-dealkylation sites (tertiary alicyclic amines) is 1. The van der Waals surface area contributed by atoms with Gasteiger partial charge in [0, 0.05) is 47.4 Å². The van der Waals surface area contributed by atoms with Gasteiger partial charge in [-0.05, 0) is 56.8 Å². The first-order valence-corrected chi connectivity index (χ1v) is 10.9. The molecule has 3 aliphatic heterocycles. The number of aliphatic imine (C=N–C) groups is 1. The minimum absolute atomic E-state index is 0.356. The number of piperidine rings is 1. The van der Waals surface area contributed by atoms with Gasteiger partial charge in [0.1, 0.15) is 0 Å². The number of hydrogen-bond acceptors (Lipinski definition) is 4. The summed E-state index contributed by atoms with van der Waals surface area (Å²) in [6.07, 6.45) is 5.78. The molecule has 0 amide bonds. The quantitative estimate of drug-likeness (QED) is 0.751. The number of nitrogens with zero attached hydrogens (tertiary/aromatic N) is 3. The number of rotatable bonds is 5. The average molecular weight is 382 g/mol. The van der Waals surface area contributed by atoms with Gasteiger partial charge in [-0.3, -0.25) is 14.9 Å². The summed E-state index contributed by atoms with van der Waals surface area (Å²) in [6.45, 7) is 15.4. The number of aromatic nitrogens is 1. The van der Waals surface area contributed by atoms with E-state index in [0.29, 0.717) is 23.3 Å². The highest BCUT2D eigenvalue weighted by molar-refractivity contribution is 6.03. The molecule has 0 aromatic carbocycles. The van der Waals surface area contributed by atoms with Crippen LogP contribution in [-0.4, -0.2) is 47.9 Å². The van der Waals surface area contributed by atoms with Crippen molar-refractivity contribution in [3.63, 3.8) is 0 Å². The van der Waals surface area contributed by atoms with Crippen LogP contribution in [0.2, 0.25) is 0 Å². The summed E-state index contributed by atoms with van der Waals surface area (Å²) in [5.41, 5.74) is 6.29. The third-order valence-corrected chi connectivity index (χ3v) is 6.62. The summed E-state index contributed by atoms with van der Waals surface area (Å²) >= 11 is 0. The predicted molar refractivity (Wildman–Crippen MR) is 115 cm³/mol. The maximum absolute atomic E-state index is 5.49. The van der Waals surface area contributed by atoms with Crippen LogP contribution in [0.1, 0.15) is 57.0 Å². The summed E-state index contributed by atoms with van der Waals surface area (Å²) in [7, 11) is 0. The van der Waals surface area contributed by atoms with Crippen LogP contribution in [0.15, 0.2) is 28.9 Å². The second-order valence-electron chi connectivity index (χ2n) is 9.84. The molecular weight excluding hydrogens is 346 g/mol. The van der Waals surface area contributed by atoms with Gasteiger partial charge in [0.2, 0.25) is 0 Å². The molecule has 2 fully saturated rings. The molecular formula is C24H35N3O. The Morgan fingerprint density at radius 1 is 1.21 bits per heavy atom. The van der Waals surface area contributed by atoms with E-state index < -0.39 is 0 Å². The number of hydrogen-bond donors (Lipinski definition) is 0. The zero-order valence-electron chi connectivity index (χ0n) is 18.2.